The van der Waals surface area contributed by atoms with Crippen molar-refractivity contribution >= 4 is 29.4 Å². The first kappa shape index (κ1) is 19.3. The quantitative estimate of drug-likeness (QED) is 0.557. The van der Waals surface area contributed by atoms with Gasteiger partial charge in [0.1, 0.15) is 0 Å². The Bertz CT molecular complexity index is 666. The number of ether oxygens (including phenoxy) is 3. The number of hydrogen-bond donors (Lipinski definition) is 0. The van der Waals surface area contributed by atoms with E-state index in [2.05, 4.69) is 0 Å². The van der Waals surface area contributed by atoms with Gasteiger partial charge in [0.05, 0.1) is 18.2 Å². The summed E-state index contributed by atoms with van der Waals surface area (Å²) in [6.45, 7) is 3.79. The number of carbonyl (C=O) groups is 2. The molecule has 1 aliphatic carbocycles. The molecular formula is C19H23ClO5. The fourth-order valence-electron chi connectivity index (χ4n) is 2.61. The minimum absolute atomic E-state index is 0.00657. The van der Waals surface area contributed by atoms with Crippen LogP contribution in [0.3, 0.4) is 0 Å². The molecule has 0 radical (unpaired) electrons. The van der Waals surface area contributed by atoms with Crippen molar-refractivity contribution in [2.24, 2.45) is 0 Å². The van der Waals surface area contributed by atoms with Crippen molar-refractivity contribution in [3.8, 4) is 11.5 Å². The summed E-state index contributed by atoms with van der Waals surface area (Å²) in [6.07, 6.45) is 5.04. The zero-order chi connectivity index (χ0) is 18.4. The fraction of sp³-hybridized carbons (Fsp3) is 0.474. The van der Waals surface area contributed by atoms with E-state index in [9.17, 15) is 9.59 Å². The van der Waals surface area contributed by atoms with Crippen molar-refractivity contribution in [3.63, 3.8) is 0 Å². The van der Waals surface area contributed by atoms with Crippen molar-refractivity contribution in [1.29, 1.82) is 0 Å². The summed E-state index contributed by atoms with van der Waals surface area (Å²) >= 11 is 6.25. The molecule has 0 unspecified atom stereocenters. The van der Waals surface area contributed by atoms with E-state index in [-0.39, 0.29) is 11.9 Å². The fourth-order valence-corrected chi connectivity index (χ4v) is 2.87. The number of esters is 1. The SMILES string of the molecule is COc1cc(/C=C/C(=O)O[C@@H]2CCCCC2=O)cc(Cl)c1OC(C)C. The third-order valence-corrected chi connectivity index (χ3v) is 4.05. The van der Waals surface area contributed by atoms with Crippen LogP contribution >= 0.6 is 11.6 Å². The highest BCUT2D eigenvalue weighted by Crippen LogP contribution is 2.37. The molecule has 0 aliphatic heterocycles. The van der Waals surface area contributed by atoms with Gasteiger partial charge in [0.25, 0.3) is 0 Å². The molecule has 25 heavy (non-hydrogen) atoms. The second kappa shape index (κ2) is 8.90. The van der Waals surface area contributed by atoms with Gasteiger partial charge in [-0.1, -0.05) is 11.6 Å². The number of rotatable bonds is 6. The van der Waals surface area contributed by atoms with Gasteiger partial charge in [0, 0.05) is 12.5 Å². The predicted octanol–water partition coefficient (Wildman–Crippen LogP) is 4.20. The van der Waals surface area contributed by atoms with Gasteiger partial charge >= 0.3 is 5.97 Å². The Labute approximate surface area is 152 Å². The van der Waals surface area contributed by atoms with Gasteiger partial charge in [-0.05, 0) is 56.9 Å². The maximum atomic E-state index is 11.9. The monoisotopic (exact) mass is 366 g/mol. The molecular weight excluding hydrogens is 344 g/mol. The Morgan fingerprint density at radius 2 is 2.08 bits per heavy atom. The van der Waals surface area contributed by atoms with Crippen LogP contribution < -0.4 is 9.47 Å². The van der Waals surface area contributed by atoms with E-state index in [0.29, 0.717) is 34.9 Å². The van der Waals surface area contributed by atoms with Crippen LogP contribution in [-0.2, 0) is 14.3 Å². The lowest BCUT2D eigenvalue weighted by Gasteiger charge is -2.19. The van der Waals surface area contributed by atoms with Gasteiger partial charge in [0.15, 0.2) is 23.4 Å². The zero-order valence-electron chi connectivity index (χ0n) is 14.7. The molecule has 1 saturated carbocycles. The lowest BCUT2D eigenvalue weighted by Crippen LogP contribution is -2.29. The molecule has 6 heteroatoms. The third kappa shape index (κ3) is 5.49. The summed E-state index contributed by atoms with van der Waals surface area (Å²) < 4.78 is 16.2. The largest absolute Gasteiger partial charge is 0.493 e. The molecule has 0 spiro atoms. The Kier molecular flexibility index (Phi) is 6.88. The summed E-state index contributed by atoms with van der Waals surface area (Å²) in [5, 5.41) is 0.392. The average molecular weight is 367 g/mol. The van der Waals surface area contributed by atoms with Crippen LogP contribution in [0.15, 0.2) is 18.2 Å². The van der Waals surface area contributed by atoms with Gasteiger partial charge in [-0.2, -0.15) is 0 Å². The Balaban J connectivity index is 2.08. The van der Waals surface area contributed by atoms with E-state index in [1.165, 1.54) is 13.2 Å². The number of benzene rings is 1. The topological polar surface area (TPSA) is 61.8 Å². The number of Topliss-reactive ketones (excluding diaryl/α,β-unsaturated/α-hetero) is 1. The van der Waals surface area contributed by atoms with E-state index in [1.54, 1.807) is 18.2 Å². The van der Waals surface area contributed by atoms with Crippen molar-refractivity contribution in [1.82, 2.24) is 0 Å². The highest BCUT2D eigenvalue weighted by molar-refractivity contribution is 6.32. The van der Waals surface area contributed by atoms with Crippen molar-refractivity contribution in [3.05, 3.63) is 28.8 Å². The first-order valence-electron chi connectivity index (χ1n) is 8.36. The molecule has 136 valence electrons. The van der Waals surface area contributed by atoms with Gasteiger partial charge < -0.3 is 14.2 Å². The zero-order valence-corrected chi connectivity index (χ0v) is 15.5. The van der Waals surface area contributed by atoms with E-state index in [4.69, 9.17) is 25.8 Å². The summed E-state index contributed by atoms with van der Waals surface area (Å²) in [5.74, 6) is 0.397. The van der Waals surface area contributed by atoms with Crippen molar-refractivity contribution < 1.29 is 23.8 Å². The number of carbonyl (C=O) groups excluding carboxylic acids is 2. The van der Waals surface area contributed by atoms with Crippen LogP contribution in [0.25, 0.3) is 6.08 Å². The van der Waals surface area contributed by atoms with E-state index in [1.807, 2.05) is 13.8 Å². The lowest BCUT2D eigenvalue weighted by atomic mass is 9.96. The van der Waals surface area contributed by atoms with Gasteiger partial charge in [-0.25, -0.2) is 4.79 Å². The standard InChI is InChI=1S/C19H23ClO5/c1-12(2)24-19-14(20)10-13(11-17(19)23-3)8-9-18(22)25-16-7-5-4-6-15(16)21/h8-12,16H,4-7H2,1-3H3/b9-8+/t16-/m1/s1. The number of methoxy groups -OCH3 is 1. The van der Waals surface area contributed by atoms with Crippen LogP contribution in [0.4, 0.5) is 0 Å². The summed E-state index contributed by atoms with van der Waals surface area (Å²) in [4.78, 5) is 23.6. The van der Waals surface area contributed by atoms with Gasteiger partial charge in [0.2, 0.25) is 0 Å². The van der Waals surface area contributed by atoms with Crippen LogP contribution in [0.1, 0.15) is 45.1 Å². The van der Waals surface area contributed by atoms with Crippen molar-refractivity contribution in [2.75, 3.05) is 7.11 Å². The molecule has 0 aromatic heterocycles. The highest BCUT2D eigenvalue weighted by atomic mass is 35.5. The molecule has 0 amide bonds. The van der Waals surface area contributed by atoms with Crippen LogP contribution in [-0.4, -0.2) is 31.1 Å². The minimum atomic E-state index is -0.620. The Morgan fingerprint density at radius 1 is 1.32 bits per heavy atom. The molecule has 0 saturated heterocycles. The molecule has 1 atom stereocenters. The maximum absolute atomic E-state index is 11.9. The number of hydrogen-bond acceptors (Lipinski definition) is 5. The third-order valence-electron chi connectivity index (χ3n) is 3.77. The summed E-state index contributed by atoms with van der Waals surface area (Å²) in [5.41, 5.74) is 0.671. The summed E-state index contributed by atoms with van der Waals surface area (Å²) in [6, 6.07) is 3.40. The molecule has 1 fully saturated rings. The van der Waals surface area contributed by atoms with Crippen LogP contribution in [0.5, 0.6) is 11.5 Å². The van der Waals surface area contributed by atoms with E-state index in [0.717, 1.165) is 12.8 Å². The number of ketones is 1. The van der Waals surface area contributed by atoms with E-state index < -0.39 is 12.1 Å². The molecule has 1 aromatic rings. The second-order valence-corrected chi connectivity index (χ2v) is 6.58. The normalized spacial score (nSPS) is 17.8. The van der Waals surface area contributed by atoms with Crippen LogP contribution in [0.2, 0.25) is 5.02 Å². The van der Waals surface area contributed by atoms with Gasteiger partial charge in [-0.3, -0.25) is 4.79 Å². The number of halogens is 1. The predicted molar refractivity (Wildman–Crippen MR) is 96.2 cm³/mol. The molecule has 0 heterocycles. The first-order valence-corrected chi connectivity index (χ1v) is 8.74. The molecule has 1 aromatic carbocycles. The average Bonchev–Trinajstić information content (AvgIpc) is 2.56. The molecule has 0 bridgehead atoms. The lowest BCUT2D eigenvalue weighted by molar-refractivity contribution is -0.152. The molecule has 2 rings (SSSR count). The smallest absolute Gasteiger partial charge is 0.331 e. The first-order chi connectivity index (χ1) is 11.9. The second-order valence-electron chi connectivity index (χ2n) is 6.17. The van der Waals surface area contributed by atoms with Crippen LogP contribution in [0, 0.1) is 0 Å². The molecule has 0 N–H and O–H groups in total. The Morgan fingerprint density at radius 3 is 2.72 bits per heavy atom. The summed E-state index contributed by atoms with van der Waals surface area (Å²) in [7, 11) is 1.52. The molecule has 1 aliphatic rings. The highest BCUT2D eigenvalue weighted by Gasteiger charge is 2.24. The minimum Gasteiger partial charge on any atom is -0.493 e. The van der Waals surface area contributed by atoms with Gasteiger partial charge in [-0.15, -0.1) is 0 Å². The maximum Gasteiger partial charge on any atom is 0.331 e. The molecule has 5 nitrogen and oxygen atoms in total. The van der Waals surface area contributed by atoms with Crippen molar-refractivity contribution in [2.45, 2.75) is 51.7 Å². The Hall–Kier alpha value is -2.01. The van der Waals surface area contributed by atoms with E-state index >= 15 is 0 Å².